The van der Waals surface area contributed by atoms with Crippen molar-refractivity contribution in [1.29, 1.82) is 0 Å². The van der Waals surface area contributed by atoms with Gasteiger partial charge in [0, 0.05) is 5.69 Å². The number of para-hydroxylation sites is 1. The number of thioether (sulfide) groups is 1. The van der Waals surface area contributed by atoms with Gasteiger partial charge in [0.1, 0.15) is 6.54 Å². The lowest BCUT2D eigenvalue weighted by molar-refractivity contribution is -0.127. The van der Waals surface area contributed by atoms with E-state index in [1.54, 1.807) is 25.1 Å². The van der Waals surface area contributed by atoms with Crippen LogP contribution in [0.25, 0.3) is 6.08 Å². The summed E-state index contributed by atoms with van der Waals surface area (Å²) >= 11 is 0.754. The Labute approximate surface area is 201 Å². The fourth-order valence-corrected chi connectivity index (χ4v) is 4.11. The maximum atomic E-state index is 12.8. The summed E-state index contributed by atoms with van der Waals surface area (Å²) in [5.41, 5.74) is 8.13. The van der Waals surface area contributed by atoms with Gasteiger partial charge in [-0.2, -0.15) is 0 Å². The minimum absolute atomic E-state index is 0.179. The molecular formula is C24H25N3O6S. The molecule has 178 valence electrons. The minimum Gasteiger partial charge on any atom is -0.490 e. The van der Waals surface area contributed by atoms with Crippen molar-refractivity contribution in [3.8, 4) is 11.5 Å². The number of carbonyl (C=O) groups is 4. The predicted octanol–water partition coefficient (Wildman–Crippen LogP) is 3.24. The van der Waals surface area contributed by atoms with Crippen molar-refractivity contribution in [2.75, 3.05) is 25.1 Å². The van der Waals surface area contributed by atoms with Crippen LogP contribution in [-0.4, -0.2) is 47.6 Å². The highest BCUT2D eigenvalue weighted by atomic mass is 32.2. The molecule has 3 N–H and O–H groups in total. The molecule has 0 aromatic heterocycles. The maximum absolute atomic E-state index is 12.8. The summed E-state index contributed by atoms with van der Waals surface area (Å²) in [5.74, 6) is -0.949. The molecule has 0 bridgehead atoms. The van der Waals surface area contributed by atoms with Gasteiger partial charge in [0.15, 0.2) is 18.1 Å². The molecule has 10 heteroatoms. The van der Waals surface area contributed by atoms with Gasteiger partial charge in [0.25, 0.3) is 17.1 Å². The van der Waals surface area contributed by atoms with E-state index in [1.807, 2.05) is 32.0 Å². The standard InChI is InChI=1S/C24H25N3O6S/c1-4-32-18-10-16(8-9-17(18)33-13-20(25)28)11-19-23(30)27(24(31)34-19)12-21(29)26-22-14(2)6-5-7-15(22)3/h5-11H,4,12-13H2,1-3H3,(H2,25,28)(H,26,29)/b19-11-. The van der Waals surface area contributed by atoms with Crippen LogP contribution >= 0.6 is 11.8 Å². The molecular weight excluding hydrogens is 458 g/mol. The van der Waals surface area contributed by atoms with Crippen LogP contribution in [0.3, 0.4) is 0 Å². The van der Waals surface area contributed by atoms with E-state index < -0.39 is 23.0 Å². The molecule has 3 rings (SSSR count). The zero-order valence-corrected chi connectivity index (χ0v) is 19.9. The number of primary amides is 1. The maximum Gasteiger partial charge on any atom is 0.294 e. The predicted molar refractivity (Wildman–Crippen MR) is 130 cm³/mol. The quantitative estimate of drug-likeness (QED) is 0.524. The number of hydrogen-bond donors (Lipinski definition) is 2. The van der Waals surface area contributed by atoms with Crippen LogP contribution in [-0.2, 0) is 14.4 Å². The largest absolute Gasteiger partial charge is 0.490 e. The molecule has 2 aromatic rings. The summed E-state index contributed by atoms with van der Waals surface area (Å²) in [7, 11) is 0. The third-order valence-corrected chi connectivity index (χ3v) is 5.76. The first-order valence-corrected chi connectivity index (χ1v) is 11.3. The molecule has 1 aliphatic heterocycles. The average Bonchev–Trinajstić information content (AvgIpc) is 3.03. The number of benzene rings is 2. The summed E-state index contributed by atoms with van der Waals surface area (Å²) in [6.07, 6.45) is 1.54. The molecule has 34 heavy (non-hydrogen) atoms. The summed E-state index contributed by atoms with van der Waals surface area (Å²) in [6, 6.07) is 10.5. The van der Waals surface area contributed by atoms with Crippen molar-refractivity contribution in [3.63, 3.8) is 0 Å². The Balaban J connectivity index is 1.74. The minimum atomic E-state index is -0.623. The fraction of sp³-hybridized carbons (Fsp3) is 0.250. The Kier molecular flexibility index (Phi) is 7.95. The molecule has 0 saturated carbocycles. The van der Waals surface area contributed by atoms with Crippen molar-refractivity contribution in [2.24, 2.45) is 5.73 Å². The first-order chi connectivity index (χ1) is 16.2. The van der Waals surface area contributed by atoms with Crippen LogP contribution in [0.15, 0.2) is 41.3 Å². The van der Waals surface area contributed by atoms with E-state index in [2.05, 4.69) is 5.32 Å². The lowest BCUT2D eigenvalue weighted by Crippen LogP contribution is -2.36. The second-order valence-corrected chi connectivity index (χ2v) is 8.47. The molecule has 0 spiro atoms. The van der Waals surface area contributed by atoms with E-state index in [4.69, 9.17) is 15.2 Å². The average molecular weight is 484 g/mol. The van der Waals surface area contributed by atoms with Crippen LogP contribution in [0.4, 0.5) is 10.5 Å². The molecule has 0 radical (unpaired) electrons. The Morgan fingerprint density at radius 1 is 1.09 bits per heavy atom. The Morgan fingerprint density at radius 2 is 1.79 bits per heavy atom. The van der Waals surface area contributed by atoms with Gasteiger partial charge in [-0.15, -0.1) is 0 Å². The van der Waals surface area contributed by atoms with Gasteiger partial charge in [0.05, 0.1) is 11.5 Å². The number of anilines is 1. The number of amides is 4. The van der Waals surface area contributed by atoms with Gasteiger partial charge in [-0.3, -0.25) is 24.1 Å². The molecule has 1 heterocycles. The van der Waals surface area contributed by atoms with Gasteiger partial charge in [-0.1, -0.05) is 24.3 Å². The SMILES string of the molecule is CCOc1cc(/C=C2\SC(=O)N(CC(=O)Nc3c(C)cccc3C)C2=O)ccc1OCC(N)=O. The number of aryl methyl sites for hydroxylation is 2. The topological polar surface area (TPSA) is 128 Å². The van der Waals surface area contributed by atoms with E-state index >= 15 is 0 Å². The van der Waals surface area contributed by atoms with Gasteiger partial charge in [-0.05, 0) is 67.4 Å². The first kappa shape index (κ1) is 24.8. The van der Waals surface area contributed by atoms with Crippen molar-refractivity contribution in [2.45, 2.75) is 20.8 Å². The summed E-state index contributed by atoms with van der Waals surface area (Å²) in [4.78, 5) is 49.9. The van der Waals surface area contributed by atoms with E-state index in [-0.39, 0.29) is 18.1 Å². The Hall–Kier alpha value is -3.79. The molecule has 2 aromatic carbocycles. The molecule has 9 nitrogen and oxygen atoms in total. The lowest BCUT2D eigenvalue weighted by Gasteiger charge is -2.15. The first-order valence-electron chi connectivity index (χ1n) is 10.5. The number of carbonyl (C=O) groups excluding carboxylic acids is 4. The van der Waals surface area contributed by atoms with Crippen LogP contribution < -0.4 is 20.5 Å². The highest BCUT2D eigenvalue weighted by Crippen LogP contribution is 2.34. The highest BCUT2D eigenvalue weighted by Gasteiger charge is 2.36. The second-order valence-electron chi connectivity index (χ2n) is 7.48. The number of hydrogen-bond acceptors (Lipinski definition) is 7. The van der Waals surface area contributed by atoms with Crippen molar-refractivity contribution in [1.82, 2.24) is 4.90 Å². The van der Waals surface area contributed by atoms with Gasteiger partial charge in [-0.25, -0.2) is 0 Å². The number of rotatable bonds is 9. The summed E-state index contributed by atoms with van der Waals surface area (Å²) in [6.45, 7) is 5.18. The molecule has 0 unspecified atom stereocenters. The number of nitrogens with zero attached hydrogens (tertiary/aromatic N) is 1. The van der Waals surface area contributed by atoms with Gasteiger partial charge >= 0.3 is 0 Å². The smallest absolute Gasteiger partial charge is 0.294 e. The number of nitrogens with two attached hydrogens (primary N) is 1. The summed E-state index contributed by atoms with van der Waals surface area (Å²) in [5, 5.41) is 2.25. The Morgan fingerprint density at radius 3 is 2.44 bits per heavy atom. The van der Waals surface area contributed by atoms with Crippen molar-refractivity contribution < 1.29 is 28.7 Å². The lowest BCUT2D eigenvalue weighted by atomic mass is 10.1. The third-order valence-electron chi connectivity index (χ3n) is 4.86. The van der Waals surface area contributed by atoms with Crippen LogP contribution in [0.1, 0.15) is 23.6 Å². The van der Waals surface area contributed by atoms with Crippen LogP contribution in [0, 0.1) is 13.8 Å². The summed E-state index contributed by atoms with van der Waals surface area (Å²) < 4.78 is 10.9. The molecule has 1 aliphatic rings. The van der Waals surface area contributed by atoms with Crippen molar-refractivity contribution in [3.05, 3.63) is 58.0 Å². The van der Waals surface area contributed by atoms with E-state index in [9.17, 15) is 19.2 Å². The number of nitrogens with one attached hydrogen (secondary N) is 1. The molecule has 1 fully saturated rings. The van der Waals surface area contributed by atoms with Crippen molar-refractivity contribution >= 4 is 46.5 Å². The zero-order chi connectivity index (χ0) is 24.8. The van der Waals surface area contributed by atoms with E-state index in [0.717, 1.165) is 27.8 Å². The molecule has 0 aliphatic carbocycles. The van der Waals surface area contributed by atoms with Gasteiger partial charge < -0.3 is 20.5 Å². The van der Waals surface area contributed by atoms with Crippen LogP contribution in [0.5, 0.6) is 11.5 Å². The monoisotopic (exact) mass is 483 g/mol. The molecule has 4 amide bonds. The van der Waals surface area contributed by atoms with Crippen LogP contribution in [0.2, 0.25) is 0 Å². The third kappa shape index (κ3) is 5.96. The normalized spacial score (nSPS) is 14.4. The molecule has 1 saturated heterocycles. The van der Waals surface area contributed by atoms with E-state index in [0.29, 0.717) is 29.4 Å². The second kappa shape index (κ2) is 10.9. The van der Waals surface area contributed by atoms with E-state index in [1.165, 1.54) is 6.08 Å². The number of ether oxygens (including phenoxy) is 2. The highest BCUT2D eigenvalue weighted by molar-refractivity contribution is 8.18. The van der Waals surface area contributed by atoms with Gasteiger partial charge in [0.2, 0.25) is 5.91 Å². The zero-order valence-electron chi connectivity index (χ0n) is 19.0. The Bertz CT molecular complexity index is 1160. The fourth-order valence-electron chi connectivity index (χ4n) is 3.27. The number of imide groups is 1. The molecule has 0 atom stereocenters.